The topological polar surface area (TPSA) is 81.1 Å². The second-order valence-electron chi connectivity index (χ2n) is 5.50. The minimum Gasteiger partial charge on any atom is -0.434 e. The number of carbonyl (C=O) groups excluding carboxylic acids is 1. The Kier molecular flexibility index (Phi) is 5.93. The molecule has 0 spiro atoms. The molecule has 140 valence electrons. The minimum absolute atomic E-state index is 0.0331. The Bertz CT molecular complexity index is 887. The van der Waals surface area contributed by atoms with E-state index in [1.807, 2.05) is 0 Å². The summed E-state index contributed by atoms with van der Waals surface area (Å²) in [5.74, 6) is 0.670. The molecule has 1 aromatic carbocycles. The van der Waals surface area contributed by atoms with Crippen LogP contribution in [0.25, 0.3) is 5.82 Å². The fraction of sp³-hybridized carbons (Fsp3) is 0.167. The highest BCUT2D eigenvalue weighted by molar-refractivity contribution is 5.73. The van der Waals surface area contributed by atoms with Crippen LogP contribution in [0.1, 0.15) is 11.1 Å². The fourth-order valence-corrected chi connectivity index (χ4v) is 2.38. The molecule has 2 N–H and O–H groups in total. The standard InChI is InChI=1S/C18H17F2N5O2/c19-17(20)27-15-5-2-1-4-14(15)12-23-18(26)22-11-13-6-8-21-16(10-13)25-9-3-7-24-25/h1-10,17H,11-12H2,(H2,22,23,26). The quantitative estimate of drug-likeness (QED) is 0.667. The molecule has 3 rings (SSSR count). The molecule has 0 atom stereocenters. The predicted molar refractivity (Wildman–Crippen MR) is 93.5 cm³/mol. The molecule has 0 aliphatic carbocycles. The van der Waals surface area contributed by atoms with Crippen LogP contribution in [0.5, 0.6) is 5.75 Å². The van der Waals surface area contributed by atoms with E-state index in [2.05, 4.69) is 25.5 Å². The molecule has 0 bridgehead atoms. The van der Waals surface area contributed by atoms with E-state index in [1.54, 1.807) is 59.7 Å². The van der Waals surface area contributed by atoms with Crippen molar-refractivity contribution in [3.63, 3.8) is 0 Å². The Morgan fingerprint density at radius 1 is 1.11 bits per heavy atom. The van der Waals surface area contributed by atoms with Crippen molar-refractivity contribution in [1.82, 2.24) is 25.4 Å². The van der Waals surface area contributed by atoms with E-state index in [0.29, 0.717) is 11.4 Å². The van der Waals surface area contributed by atoms with Crippen LogP contribution in [0.2, 0.25) is 0 Å². The van der Waals surface area contributed by atoms with Crippen LogP contribution in [0.4, 0.5) is 13.6 Å². The van der Waals surface area contributed by atoms with Gasteiger partial charge in [-0.1, -0.05) is 18.2 Å². The number of pyridine rings is 1. The predicted octanol–water partition coefficient (Wildman–Crippen LogP) is 2.87. The van der Waals surface area contributed by atoms with Gasteiger partial charge >= 0.3 is 12.6 Å². The Morgan fingerprint density at radius 2 is 1.93 bits per heavy atom. The largest absolute Gasteiger partial charge is 0.434 e. The molecule has 9 heteroatoms. The van der Waals surface area contributed by atoms with Gasteiger partial charge in [0.25, 0.3) is 0 Å². The zero-order chi connectivity index (χ0) is 19.1. The van der Waals surface area contributed by atoms with Crippen LogP contribution in [0.15, 0.2) is 61.1 Å². The highest BCUT2D eigenvalue weighted by Crippen LogP contribution is 2.19. The third-order valence-electron chi connectivity index (χ3n) is 3.63. The number of nitrogens with zero attached hydrogens (tertiary/aromatic N) is 3. The van der Waals surface area contributed by atoms with E-state index in [-0.39, 0.29) is 18.8 Å². The number of aromatic nitrogens is 3. The molecule has 0 saturated heterocycles. The maximum atomic E-state index is 12.4. The SMILES string of the molecule is O=C(NCc1ccnc(-n2cccn2)c1)NCc1ccccc1OC(F)F. The number of para-hydroxylation sites is 1. The first-order chi connectivity index (χ1) is 13.1. The summed E-state index contributed by atoms with van der Waals surface area (Å²) < 4.78 is 30.9. The van der Waals surface area contributed by atoms with Crippen molar-refractivity contribution in [2.75, 3.05) is 0 Å². The molecule has 2 amide bonds. The third kappa shape index (κ3) is 5.24. The number of ether oxygens (including phenoxy) is 1. The first-order valence-corrected chi connectivity index (χ1v) is 8.11. The van der Waals surface area contributed by atoms with Gasteiger partial charge in [-0.3, -0.25) is 0 Å². The molecule has 0 aliphatic rings. The molecule has 0 fully saturated rings. The number of hydrogen-bond acceptors (Lipinski definition) is 4. The summed E-state index contributed by atoms with van der Waals surface area (Å²) in [6.45, 7) is -2.59. The van der Waals surface area contributed by atoms with Crippen LogP contribution in [0, 0.1) is 0 Å². The van der Waals surface area contributed by atoms with E-state index in [4.69, 9.17) is 0 Å². The number of carbonyl (C=O) groups is 1. The summed E-state index contributed by atoms with van der Waals surface area (Å²) in [4.78, 5) is 16.2. The van der Waals surface area contributed by atoms with Gasteiger partial charge in [0.2, 0.25) is 0 Å². The summed E-state index contributed by atoms with van der Waals surface area (Å²) in [6.07, 6.45) is 5.05. The highest BCUT2D eigenvalue weighted by Gasteiger charge is 2.10. The number of rotatable bonds is 7. The number of amides is 2. The van der Waals surface area contributed by atoms with E-state index in [9.17, 15) is 13.6 Å². The van der Waals surface area contributed by atoms with Gasteiger partial charge in [0, 0.05) is 37.2 Å². The molecular formula is C18H17F2N5O2. The third-order valence-corrected chi connectivity index (χ3v) is 3.63. The molecule has 0 radical (unpaired) electrons. The molecule has 0 unspecified atom stereocenters. The lowest BCUT2D eigenvalue weighted by Crippen LogP contribution is -2.34. The summed E-state index contributed by atoms with van der Waals surface area (Å²) in [5, 5.41) is 9.43. The summed E-state index contributed by atoms with van der Waals surface area (Å²) in [6, 6.07) is 11.2. The number of halogens is 2. The van der Waals surface area contributed by atoms with Gasteiger partial charge in [-0.15, -0.1) is 0 Å². The molecule has 2 heterocycles. The second-order valence-corrected chi connectivity index (χ2v) is 5.50. The number of hydrogen-bond donors (Lipinski definition) is 2. The van der Waals surface area contributed by atoms with E-state index in [0.717, 1.165) is 5.56 Å². The van der Waals surface area contributed by atoms with Gasteiger partial charge in [0.1, 0.15) is 5.75 Å². The molecule has 2 aromatic heterocycles. The summed E-state index contributed by atoms with van der Waals surface area (Å²) in [5.41, 5.74) is 1.30. The van der Waals surface area contributed by atoms with Crippen molar-refractivity contribution < 1.29 is 18.3 Å². The number of alkyl halides is 2. The minimum atomic E-state index is -2.92. The van der Waals surface area contributed by atoms with Crippen molar-refractivity contribution in [2.45, 2.75) is 19.7 Å². The Morgan fingerprint density at radius 3 is 2.70 bits per heavy atom. The zero-order valence-corrected chi connectivity index (χ0v) is 14.2. The lowest BCUT2D eigenvalue weighted by atomic mass is 10.2. The average molecular weight is 373 g/mol. The molecule has 0 aliphatic heterocycles. The normalized spacial score (nSPS) is 10.6. The lowest BCUT2D eigenvalue weighted by molar-refractivity contribution is -0.0504. The average Bonchev–Trinajstić information content (AvgIpc) is 3.20. The van der Waals surface area contributed by atoms with Crippen molar-refractivity contribution in [2.24, 2.45) is 0 Å². The van der Waals surface area contributed by atoms with Crippen LogP contribution in [0.3, 0.4) is 0 Å². The first kappa shape index (κ1) is 18.3. The molecule has 0 saturated carbocycles. The van der Waals surface area contributed by atoms with Crippen molar-refractivity contribution in [3.8, 4) is 11.6 Å². The summed E-state index contributed by atoms with van der Waals surface area (Å²) >= 11 is 0. The molecule has 7 nitrogen and oxygen atoms in total. The van der Waals surface area contributed by atoms with Gasteiger partial charge in [-0.25, -0.2) is 14.5 Å². The number of urea groups is 1. The molecule has 27 heavy (non-hydrogen) atoms. The first-order valence-electron chi connectivity index (χ1n) is 8.11. The van der Waals surface area contributed by atoms with Crippen molar-refractivity contribution >= 4 is 6.03 Å². The maximum absolute atomic E-state index is 12.4. The van der Waals surface area contributed by atoms with E-state index < -0.39 is 12.6 Å². The van der Waals surface area contributed by atoms with Gasteiger partial charge < -0.3 is 15.4 Å². The van der Waals surface area contributed by atoms with Crippen molar-refractivity contribution in [3.05, 3.63) is 72.2 Å². The van der Waals surface area contributed by atoms with Gasteiger partial charge in [-0.05, 0) is 29.8 Å². The lowest BCUT2D eigenvalue weighted by Gasteiger charge is -2.12. The van der Waals surface area contributed by atoms with Crippen molar-refractivity contribution in [1.29, 1.82) is 0 Å². The van der Waals surface area contributed by atoms with E-state index in [1.165, 1.54) is 6.07 Å². The number of nitrogens with one attached hydrogen (secondary N) is 2. The molecular weight excluding hydrogens is 356 g/mol. The van der Waals surface area contributed by atoms with Gasteiger partial charge in [0.15, 0.2) is 5.82 Å². The molecule has 3 aromatic rings. The van der Waals surface area contributed by atoms with Gasteiger partial charge in [0.05, 0.1) is 0 Å². The zero-order valence-electron chi connectivity index (χ0n) is 14.2. The second kappa shape index (κ2) is 8.75. The fourth-order valence-electron chi connectivity index (χ4n) is 2.38. The maximum Gasteiger partial charge on any atom is 0.387 e. The summed E-state index contributed by atoms with van der Waals surface area (Å²) in [7, 11) is 0. The Hall–Kier alpha value is -3.49. The van der Waals surface area contributed by atoms with Crippen LogP contribution < -0.4 is 15.4 Å². The van der Waals surface area contributed by atoms with Crippen LogP contribution in [-0.4, -0.2) is 27.4 Å². The number of benzene rings is 1. The highest BCUT2D eigenvalue weighted by atomic mass is 19.3. The van der Waals surface area contributed by atoms with Gasteiger partial charge in [-0.2, -0.15) is 13.9 Å². The van der Waals surface area contributed by atoms with E-state index >= 15 is 0 Å². The monoisotopic (exact) mass is 373 g/mol. The van der Waals surface area contributed by atoms with Crippen LogP contribution >= 0.6 is 0 Å². The Labute approximate surface area is 154 Å². The van der Waals surface area contributed by atoms with Crippen LogP contribution in [-0.2, 0) is 13.1 Å². The Balaban J connectivity index is 1.53. The smallest absolute Gasteiger partial charge is 0.387 e.